The van der Waals surface area contributed by atoms with Crippen LogP contribution in [0, 0.1) is 5.92 Å². The first-order valence-corrected chi connectivity index (χ1v) is 4.40. The van der Waals surface area contributed by atoms with E-state index in [1.807, 2.05) is 0 Å². The SMILES string of the molecule is CCCCC(CC)COC=O.[NaH]. The first-order valence-electron chi connectivity index (χ1n) is 4.40. The van der Waals surface area contributed by atoms with E-state index in [-0.39, 0.29) is 29.6 Å². The average Bonchev–Trinajstić information content (AvgIpc) is 2.05. The predicted octanol–water partition coefficient (Wildman–Crippen LogP) is 1.73. The Morgan fingerprint density at radius 1 is 1.42 bits per heavy atom. The third-order valence-electron chi connectivity index (χ3n) is 1.94. The Bertz CT molecular complexity index is 96.5. The molecule has 0 aliphatic heterocycles. The molecule has 0 heterocycles. The van der Waals surface area contributed by atoms with Crippen LogP contribution in [0.1, 0.15) is 39.5 Å². The minimum atomic E-state index is 0. The van der Waals surface area contributed by atoms with E-state index < -0.39 is 0 Å². The third kappa shape index (κ3) is 8.57. The van der Waals surface area contributed by atoms with E-state index in [4.69, 9.17) is 4.74 Å². The summed E-state index contributed by atoms with van der Waals surface area (Å²) in [6.45, 7) is 5.44. The van der Waals surface area contributed by atoms with Crippen molar-refractivity contribution in [1.29, 1.82) is 0 Å². The fourth-order valence-electron chi connectivity index (χ4n) is 1.07. The van der Waals surface area contributed by atoms with Gasteiger partial charge in [0.05, 0.1) is 6.61 Å². The second kappa shape index (κ2) is 11.5. The van der Waals surface area contributed by atoms with Crippen LogP contribution in [0.5, 0.6) is 0 Å². The van der Waals surface area contributed by atoms with Crippen molar-refractivity contribution in [3.63, 3.8) is 0 Å². The standard InChI is InChI=1S/C9H18O2.Na.H/c1-3-5-6-9(4-2)7-11-8-10;;/h8-9H,3-7H2,1-2H3;;. The summed E-state index contributed by atoms with van der Waals surface area (Å²) in [6.07, 6.45) is 4.74. The van der Waals surface area contributed by atoms with Crippen LogP contribution in [-0.2, 0) is 9.53 Å². The van der Waals surface area contributed by atoms with Crippen molar-refractivity contribution in [2.24, 2.45) is 5.92 Å². The maximum absolute atomic E-state index is 9.88. The number of carbonyl (C=O) groups excluding carboxylic acids is 1. The van der Waals surface area contributed by atoms with Gasteiger partial charge in [0.1, 0.15) is 0 Å². The minimum absolute atomic E-state index is 0. The number of hydrogen-bond acceptors (Lipinski definition) is 2. The number of rotatable bonds is 7. The fourth-order valence-corrected chi connectivity index (χ4v) is 1.07. The zero-order valence-electron chi connectivity index (χ0n) is 7.51. The zero-order valence-corrected chi connectivity index (χ0v) is 7.51. The molecular formula is C9H19NaO2. The molecule has 0 aliphatic rings. The molecule has 0 fully saturated rings. The summed E-state index contributed by atoms with van der Waals surface area (Å²) in [6, 6.07) is 0. The predicted molar refractivity (Wildman–Crippen MR) is 52.5 cm³/mol. The van der Waals surface area contributed by atoms with Gasteiger partial charge in [-0.15, -0.1) is 0 Å². The van der Waals surface area contributed by atoms with Crippen molar-refractivity contribution in [1.82, 2.24) is 0 Å². The number of unbranched alkanes of at least 4 members (excludes halogenated alkanes) is 1. The Hall–Kier alpha value is 0.470. The van der Waals surface area contributed by atoms with Gasteiger partial charge in [0.25, 0.3) is 6.47 Å². The molecule has 0 radical (unpaired) electrons. The van der Waals surface area contributed by atoms with E-state index in [0.717, 1.165) is 6.42 Å². The first kappa shape index (κ1) is 15.0. The molecule has 1 unspecified atom stereocenters. The molecule has 0 saturated carbocycles. The molecule has 0 amide bonds. The molecule has 0 aromatic heterocycles. The van der Waals surface area contributed by atoms with Gasteiger partial charge < -0.3 is 4.74 Å². The molecule has 0 spiro atoms. The molecule has 0 saturated heterocycles. The molecule has 0 rings (SSSR count). The van der Waals surface area contributed by atoms with Crippen molar-refractivity contribution in [3.05, 3.63) is 0 Å². The fraction of sp³-hybridized carbons (Fsp3) is 0.889. The Kier molecular flexibility index (Phi) is 14.3. The summed E-state index contributed by atoms with van der Waals surface area (Å²) < 4.78 is 4.70. The van der Waals surface area contributed by atoms with Gasteiger partial charge in [0.2, 0.25) is 0 Å². The second-order valence-corrected chi connectivity index (χ2v) is 2.85. The van der Waals surface area contributed by atoms with Gasteiger partial charge in [-0.3, -0.25) is 4.79 Å². The second-order valence-electron chi connectivity index (χ2n) is 2.85. The van der Waals surface area contributed by atoms with Gasteiger partial charge in [-0.2, -0.15) is 0 Å². The molecule has 2 nitrogen and oxygen atoms in total. The van der Waals surface area contributed by atoms with Crippen LogP contribution in [0.15, 0.2) is 0 Å². The molecule has 3 heteroatoms. The van der Waals surface area contributed by atoms with Crippen LogP contribution in [0.3, 0.4) is 0 Å². The van der Waals surface area contributed by atoms with Crippen molar-refractivity contribution < 1.29 is 9.53 Å². The number of ether oxygens (including phenoxy) is 1. The number of carbonyl (C=O) groups is 1. The Labute approximate surface area is 97.3 Å². The normalized spacial score (nSPS) is 11.5. The first-order chi connectivity index (χ1) is 5.35. The quantitative estimate of drug-likeness (QED) is 0.442. The topological polar surface area (TPSA) is 26.3 Å². The summed E-state index contributed by atoms with van der Waals surface area (Å²) in [5.41, 5.74) is 0. The van der Waals surface area contributed by atoms with Crippen LogP contribution in [0.2, 0.25) is 0 Å². The van der Waals surface area contributed by atoms with E-state index >= 15 is 0 Å². The Morgan fingerprint density at radius 2 is 2.08 bits per heavy atom. The van der Waals surface area contributed by atoms with Crippen LogP contribution >= 0.6 is 0 Å². The summed E-state index contributed by atoms with van der Waals surface area (Å²) in [5, 5.41) is 0. The molecular weight excluding hydrogens is 163 g/mol. The van der Waals surface area contributed by atoms with E-state index in [2.05, 4.69) is 13.8 Å². The summed E-state index contributed by atoms with van der Waals surface area (Å²) in [4.78, 5) is 9.88. The molecule has 0 aromatic carbocycles. The summed E-state index contributed by atoms with van der Waals surface area (Å²) in [7, 11) is 0. The molecule has 0 bridgehead atoms. The Balaban J connectivity index is 0. The number of hydrogen-bond donors (Lipinski definition) is 0. The van der Waals surface area contributed by atoms with Crippen LogP contribution in [-0.4, -0.2) is 42.6 Å². The van der Waals surface area contributed by atoms with Gasteiger partial charge in [-0.25, -0.2) is 0 Å². The van der Waals surface area contributed by atoms with Crippen LogP contribution in [0.4, 0.5) is 0 Å². The zero-order chi connectivity index (χ0) is 8.53. The van der Waals surface area contributed by atoms with Crippen molar-refractivity contribution in [2.45, 2.75) is 39.5 Å². The molecule has 0 aliphatic carbocycles. The maximum atomic E-state index is 9.88. The van der Waals surface area contributed by atoms with Gasteiger partial charge in [-0.05, 0) is 12.3 Å². The van der Waals surface area contributed by atoms with Crippen molar-refractivity contribution >= 4 is 36.0 Å². The van der Waals surface area contributed by atoms with Crippen LogP contribution in [0.25, 0.3) is 0 Å². The van der Waals surface area contributed by atoms with Gasteiger partial charge in [0, 0.05) is 0 Å². The monoisotopic (exact) mass is 182 g/mol. The van der Waals surface area contributed by atoms with Crippen molar-refractivity contribution in [3.8, 4) is 0 Å². The van der Waals surface area contributed by atoms with Crippen molar-refractivity contribution in [2.75, 3.05) is 6.61 Å². The summed E-state index contributed by atoms with van der Waals surface area (Å²) in [5.74, 6) is 0.570. The van der Waals surface area contributed by atoms with Gasteiger partial charge in [0.15, 0.2) is 0 Å². The van der Waals surface area contributed by atoms with Gasteiger partial charge in [-0.1, -0.05) is 33.1 Å². The van der Waals surface area contributed by atoms with E-state index in [9.17, 15) is 4.79 Å². The van der Waals surface area contributed by atoms with E-state index in [0.29, 0.717) is 19.0 Å². The molecule has 0 N–H and O–H groups in total. The molecule has 1 atom stereocenters. The molecule has 0 aromatic rings. The van der Waals surface area contributed by atoms with E-state index in [1.165, 1.54) is 19.3 Å². The summed E-state index contributed by atoms with van der Waals surface area (Å²) >= 11 is 0. The average molecular weight is 182 g/mol. The van der Waals surface area contributed by atoms with E-state index in [1.54, 1.807) is 0 Å². The Morgan fingerprint density at radius 3 is 2.50 bits per heavy atom. The molecule has 12 heavy (non-hydrogen) atoms. The third-order valence-corrected chi connectivity index (χ3v) is 1.94. The van der Waals surface area contributed by atoms with Gasteiger partial charge >= 0.3 is 29.6 Å². The van der Waals surface area contributed by atoms with Crippen LogP contribution < -0.4 is 0 Å². The molecule has 68 valence electrons.